The Hall–Kier alpha value is -3.21. The molecule has 1 aliphatic rings. The summed E-state index contributed by atoms with van der Waals surface area (Å²) in [6.07, 6.45) is 1.51. The fourth-order valence-corrected chi connectivity index (χ4v) is 5.14. The van der Waals surface area contributed by atoms with Crippen LogP contribution in [0.2, 0.25) is 5.02 Å². The van der Waals surface area contributed by atoms with Crippen molar-refractivity contribution >= 4 is 22.5 Å². The molecule has 3 aromatic heterocycles. The highest BCUT2D eigenvalue weighted by Gasteiger charge is 2.44. The summed E-state index contributed by atoms with van der Waals surface area (Å²) in [4.78, 5) is 10.7. The number of nitrogens with zero attached hydrogens (tertiary/aromatic N) is 6. The number of fused-ring (bicyclic) bond motifs is 1. The molecule has 1 N–H and O–H groups in total. The lowest BCUT2D eigenvalue weighted by Crippen LogP contribution is -2.55. The molecule has 0 aliphatic carbocycles. The van der Waals surface area contributed by atoms with Crippen LogP contribution < -0.4 is 4.74 Å². The zero-order valence-corrected chi connectivity index (χ0v) is 21.0. The maximum atomic E-state index is 13.4. The predicted octanol–water partition coefficient (Wildman–Crippen LogP) is 3.77. The van der Waals surface area contributed by atoms with Crippen molar-refractivity contribution in [3.8, 4) is 5.88 Å². The first-order chi connectivity index (χ1) is 17.0. The van der Waals surface area contributed by atoms with Crippen LogP contribution >= 0.6 is 11.6 Å². The number of hydrogen-bond acceptors (Lipinski definition) is 7. The van der Waals surface area contributed by atoms with Crippen LogP contribution in [0.15, 0.2) is 36.5 Å². The van der Waals surface area contributed by atoms with Crippen molar-refractivity contribution in [3.05, 3.63) is 75.3 Å². The number of benzene rings is 1. The van der Waals surface area contributed by atoms with E-state index in [1.807, 2.05) is 26.0 Å². The van der Waals surface area contributed by atoms with E-state index in [1.165, 1.54) is 18.0 Å². The second-order valence-corrected chi connectivity index (χ2v) is 9.56. The normalized spacial score (nSPS) is 17.1. The summed E-state index contributed by atoms with van der Waals surface area (Å²) in [5.74, 6) is -2.43. The first-order valence-electron chi connectivity index (χ1n) is 11.3. The van der Waals surface area contributed by atoms with Crippen LogP contribution in [0.25, 0.3) is 10.9 Å². The van der Waals surface area contributed by atoms with Gasteiger partial charge in [0.1, 0.15) is 0 Å². The van der Waals surface area contributed by atoms with Gasteiger partial charge in [-0.25, -0.2) is 18.4 Å². The van der Waals surface area contributed by atoms with Crippen molar-refractivity contribution in [3.63, 3.8) is 0 Å². The number of aryl methyl sites for hydroxylation is 3. The van der Waals surface area contributed by atoms with E-state index < -0.39 is 11.5 Å². The van der Waals surface area contributed by atoms with E-state index in [4.69, 9.17) is 16.3 Å². The molecule has 36 heavy (non-hydrogen) atoms. The number of methoxy groups -OCH3 is 1. The number of hydrogen-bond donors (Lipinski definition) is 1. The first-order valence-corrected chi connectivity index (χ1v) is 11.7. The molecule has 1 aliphatic heterocycles. The Balaban J connectivity index is 1.69. The van der Waals surface area contributed by atoms with Crippen LogP contribution in [-0.2, 0) is 19.2 Å². The maximum absolute atomic E-state index is 13.4. The lowest BCUT2D eigenvalue weighted by Gasteiger charge is -2.39. The Labute approximate surface area is 211 Å². The Morgan fingerprint density at radius 1 is 1.17 bits per heavy atom. The molecular formula is C25H25ClF2N6O2. The molecule has 4 aromatic rings. The first kappa shape index (κ1) is 24.5. The van der Waals surface area contributed by atoms with Gasteiger partial charge in [-0.2, -0.15) is 0 Å². The Morgan fingerprint density at radius 3 is 2.53 bits per heavy atom. The van der Waals surface area contributed by atoms with Gasteiger partial charge in [0.05, 0.1) is 42.6 Å². The van der Waals surface area contributed by atoms with Crippen molar-refractivity contribution in [2.24, 2.45) is 7.05 Å². The lowest BCUT2D eigenvalue weighted by molar-refractivity contribution is -0.134. The molecular weight excluding hydrogens is 490 g/mol. The average molecular weight is 515 g/mol. The number of halogens is 3. The summed E-state index contributed by atoms with van der Waals surface area (Å²) in [7, 11) is 3.17. The number of aromatic nitrogens is 5. The average Bonchev–Trinajstić information content (AvgIpc) is 3.25. The number of ether oxygens (including phenoxy) is 1. The van der Waals surface area contributed by atoms with Gasteiger partial charge in [-0.3, -0.25) is 9.88 Å². The lowest BCUT2D eigenvalue weighted by atomic mass is 9.82. The van der Waals surface area contributed by atoms with Gasteiger partial charge in [-0.1, -0.05) is 28.9 Å². The van der Waals surface area contributed by atoms with Crippen LogP contribution in [0.1, 0.15) is 33.8 Å². The highest BCUT2D eigenvalue weighted by atomic mass is 35.5. The molecule has 11 heteroatoms. The molecule has 0 radical (unpaired) electrons. The Bertz CT molecular complexity index is 1470. The third-order valence-corrected chi connectivity index (χ3v) is 7.01. The van der Waals surface area contributed by atoms with Crippen LogP contribution in [0, 0.1) is 13.8 Å². The second kappa shape index (κ2) is 8.72. The molecule has 1 aromatic carbocycles. The van der Waals surface area contributed by atoms with E-state index in [0.717, 1.165) is 5.69 Å². The van der Waals surface area contributed by atoms with Crippen molar-refractivity contribution in [1.29, 1.82) is 0 Å². The molecule has 0 spiro atoms. The zero-order valence-electron chi connectivity index (χ0n) is 20.3. The van der Waals surface area contributed by atoms with Gasteiger partial charge in [-0.15, -0.1) is 5.10 Å². The van der Waals surface area contributed by atoms with Gasteiger partial charge in [0.15, 0.2) is 5.60 Å². The standard InChI is InChI=1S/C25H25ClF2N6O2/c1-14-5-7-19(15(2)30-14)25(35,21-10-29-32-33(21)3)16-6-8-20-17(9-16)22(26)18(23(31-20)36-4)11-34-12-24(27,28)13-34/h5-10,35H,11-13H2,1-4H3/t25-/m0/s1. The highest BCUT2D eigenvalue weighted by Crippen LogP contribution is 2.41. The van der Waals surface area contributed by atoms with E-state index in [9.17, 15) is 13.9 Å². The predicted molar refractivity (Wildman–Crippen MR) is 130 cm³/mol. The Morgan fingerprint density at radius 2 is 1.92 bits per heavy atom. The summed E-state index contributed by atoms with van der Waals surface area (Å²) in [5.41, 5.74) is 2.39. The van der Waals surface area contributed by atoms with E-state index in [2.05, 4.69) is 20.3 Å². The number of alkyl halides is 2. The second-order valence-electron chi connectivity index (χ2n) is 9.19. The quantitative estimate of drug-likeness (QED) is 0.419. The van der Waals surface area contributed by atoms with Crippen molar-refractivity contribution in [2.75, 3.05) is 20.2 Å². The van der Waals surface area contributed by atoms with Crippen molar-refractivity contribution in [1.82, 2.24) is 29.9 Å². The van der Waals surface area contributed by atoms with E-state index in [-0.39, 0.29) is 25.5 Å². The largest absolute Gasteiger partial charge is 0.481 e. The molecule has 1 atom stereocenters. The minimum Gasteiger partial charge on any atom is -0.481 e. The third-order valence-electron chi connectivity index (χ3n) is 6.58. The Kier molecular flexibility index (Phi) is 5.93. The number of likely N-dealkylation sites (tertiary alicyclic amines) is 1. The topological polar surface area (TPSA) is 89.2 Å². The molecule has 4 heterocycles. The molecule has 1 fully saturated rings. The fourth-order valence-electron chi connectivity index (χ4n) is 4.84. The van der Waals surface area contributed by atoms with Gasteiger partial charge in [-0.05, 0) is 37.6 Å². The van der Waals surface area contributed by atoms with Gasteiger partial charge in [0.2, 0.25) is 5.88 Å². The molecule has 5 rings (SSSR count). The molecule has 8 nitrogen and oxygen atoms in total. The van der Waals surface area contributed by atoms with Gasteiger partial charge in [0, 0.05) is 41.5 Å². The fraction of sp³-hybridized carbons (Fsp3) is 0.360. The highest BCUT2D eigenvalue weighted by molar-refractivity contribution is 6.36. The molecule has 1 saturated heterocycles. The van der Waals surface area contributed by atoms with E-state index in [1.54, 1.807) is 30.1 Å². The number of aliphatic hydroxyl groups is 1. The van der Waals surface area contributed by atoms with Gasteiger partial charge in [0.25, 0.3) is 5.92 Å². The SMILES string of the molecule is COc1nc2ccc([C@](O)(c3ccc(C)nc3C)c3cnnn3C)cc2c(Cl)c1CN1CC(F)(F)C1. The zero-order chi connectivity index (χ0) is 25.8. The molecule has 0 amide bonds. The van der Waals surface area contributed by atoms with Crippen LogP contribution in [-0.4, -0.2) is 61.1 Å². The summed E-state index contributed by atoms with van der Waals surface area (Å²) >= 11 is 6.84. The monoisotopic (exact) mass is 514 g/mol. The molecule has 188 valence electrons. The van der Waals surface area contributed by atoms with Crippen molar-refractivity contribution < 1.29 is 18.6 Å². The number of rotatable bonds is 6. The van der Waals surface area contributed by atoms with Crippen LogP contribution in [0.5, 0.6) is 5.88 Å². The molecule has 0 bridgehead atoms. The van der Waals surface area contributed by atoms with E-state index >= 15 is 0 Å². The van der Waals surface area contributed by atoms with Crippen LogP contribution in [0.4, 0.5) is 8.78 Å². The van der Waals surface area contributed by atoms with Gasteiger partial charge < -0.3 is 9.84 Å². The van der Waals surface area contributed by atoms with Gasteiger partial charge >= 0.3 is 0 Å². The third kappa shape index (κ3) is 3.99. The summed E-state index contributed by atoms with van der Waals surface area (Å²) in [6.45, 7) is 3.18. The molecule has 0 unspecified atom stereocenters. The summed E-state index contributed by atoms with van der Waals surface area (Å²) in [6, 6.07) is 8.92. The molecule has 0 saturated carbocycles. The smallest absolute Gasteiger partial charge is 0.272 e. The minimum atomic E-state index is -2.70. The summed E-state index contributed by atoms with van der Waals surface area (Å²) in [5, 5.41) is 21.2. The van der Waals surface area contributed by atoms with E-state index in [0.29, 0.717) is 44.0 Å². The minimum absolute atomic E-state index is 0.168. The summed E-state index contributed by atoms with van der Waals surface area (Å²) < 4.78 is 33.8. The maximum Gasteiger partial charge on any atom is 0.272 e. The van der Waals surface area contributed by atoms with Crippen molar-refractivity contribution in [2.45, 2.75) is 31.9 Å². The van der Waals surface area contributed by atoms with Crippen LogP contribution in [0.3, 0.4) is 0 Å². The number of pyridine rings is 2.